The second-order valence-electron chi connectivity index (χ2n) is 6.11. The SMILES string of the molecule is COCCOc1cc(C)c(-c2csc(-c3cc(C(N)=O)ccn3)n2)c(C)c1. The number of amides is 1. The van der Waals surface area contributed by atoms with Gasteiger partial charge < -0.3 is 15.2 Å². The summed E-state index contributed by atoms with van der Waals surface area (Å²) in [7, 11) is 1.65. The van der Waals surface area contributed by atoms with Gasteiger partial charge in [0.15, 0.2) is 0 Å². The molecule has 2 heterocycles. The maximum Gasteiger partial charge on any atom is 0.248 e. The van der Waals surface area contributed by atoms with Crippen LogP contribution in [0.4, 0.5) is 0 Å². The van der Waals surface area contributed by atoms with Crippen LogP contribution in [0.5, 0.6) is 5.75 Å². The first-order chi connectivity index (χ1) is 13.0. The van der Waals surface area contributed by atoms with Crippen LogP contribution in [-0.2, 0) is 4.74 Å². The maximum absolute atomic E-state index is 11.4. The summed E-state index contributed by atoms with van der Waals surface area (Å²) >= 11 is 1.48. The summed E-state index contributed by atoms with van der Waals surface area (Å²) in [6.45, 7) is 5.14. The molecule has 0 atom stereocenters. The zero-order chi connectivity index (χ0) is 19.4. The smallest absolute Gasteiger partial charge is 0.248 e. The molecule has 3 rings (SSSR count). The number of primary amides is 1. The third kappa shape index (κ3) is 4.32. The van der Waals surface area contributed by atoms with Crippen LogP contribution in [0.15, 0.2) is 35.8 Å². The van der Waals surface area contributed by atoms with Gasteiger partial charge in [0.2, 0.25) is 5.91 Å². The number of carbonyl (C=O) groups excluding carboxylic acids is 1. The van der Waals surface area contributed by atoms with E-state index >= 15 is 0 Å². The molecule has 0 fully saturated rings. The Kier molecular flexibility index (Phi) is 5.83. The molecular weight excluding hydrogens is 362 g/mol. The van der Waals surface area contributed by atoms with Gasteiger partial charge in [-0.25, -0.2) is 4.98 Å². The molecule has 0 spiro atoms. The van der Waals surface area contributed by atoms with Crippen LogP contribution in [0.3, 0.4) is 0 Å². The fraction of sp³-hybridized carbons (Fsp3) is 0.250. The Morgan fingerprint density at radius 2 is 1.89 bits per heavy atom. The third-order valence-electron chi connectivity index (χ3n) is 4.09. The van der Waals surface area contributed by atoms with Gasteiger partial charge in [0, 0.05) is 29.8 Å². The summed E-state index contributed by atoms with van der Waals surface area (Å²) in [5, 5.41) is 2.74. The Hall–Kier alpha value is -2.77. The van der Waals surface area contributed by atoms with Gasteiger partial charge in [-0.2, -0.15) is 0 Å². The van der Waals surface area contributed by atoms with Gasteiger partial charge in [0.05, 0.1) is 18.0 Å². The number of ether oxygens (including phenoxy) is 2. The molecule has 2 aromatic heterocycles. The van der Waals surface area contributed by atoms with E-state index in [1.807, 2.05) is 31.4 Å². The number of rotatable bonds is 7. The van der Waals surface area contributed by atoms with Crippen molar-refractivity contribution in [3.63, 3.8) is 0 Å². The molecule has 0 saturated heterocycles. The fourth-order valence-electron chi connectivity index (χ4n) is 2.86. The minimum atomic E-state index is -0.480. The van der Waals surface area contributed by atoms with E-state index in [0.29, 0.717) is 24.5 Å². The molecule has 0 saturated carbocycles. The second kappa shape index (κ2) is 8.28. The molecule has 3 aromatic rings. The third-order valence-corrected chi connectivity index (χ3v) is 4.95. The van der Waals surface area contributed by atoms with Crippen LogP contribution in [-0.4, -0.2) is 36.2 Å². The highest BCUT2D eigenvalue weighted by Crippen LogP contribution is 2.34. The Morgan fingerprint density at radius 1 is 1.15 bits per heavy atom. The van der Waals surface area contributed by atoms with Gasteiger partial charge >= 0.3 is 0 Å². The van der Waals surface area contributed by atoms with Crippen LogP contribution in [0, 0.1) is 13.8 Å². The highest BCUT2D eigenvalue weighted by Gasteiger charge is 2.14. The predicted molar refractivity (Wildman–Crippen MR) is 106 cm³/mol. The molecule has 0 aliphatic carbocycles. The Morgan fingerprint density at radius 3 is 2.56 bits per heavy atom. The number of nitrogens with zero attached hydrogens (tertiary/aromatic N) is 2. The minimum Gasteiger partial charge on any atom is -0.491 e. The molecular formula is C20H21N3O3S. The number of pyridine rings is 1. The van der Waals surface area contributed by atoms with Crippen molar-refractivity contribution in [3.8, 4) is 27.7 Å². The lowest BCUT2D eigenvalue weighted by atomic mass is 10.0. The maximum atomic E-state index is 11.4. The Labute approximate surface area is 162 Å². The molecule has 0 unspecified atom stereocenters. The molecule has 6 nitrogen and oxygen atoms in total. The van der Waals surface area contributed by atoms with Crippen molar-refractivity contribution in [2.24, 2.45) is 5.73 Å². The first-order valence-corrected chi connectivity index (χ1v) is 9.32. The number of benzene rings is 1. The van der Waals surface area contributed by atoms with Crippen LogP contribution in [0.1, 0.15) is 21.5 Å². The Balaban J connectivity index is 1.90. The lowest BCUT2D eigenvalue weighted by Crippen LogP contribution is -2.10. The quantitative estimate of drug-likeness (QED) is 0.630. The summed E-state index contributed by atoms with van der Waals surface area (Å²) in [5.74, 6) is 0.336. The fourth-order valence-corrected chi connectivity index (χ4v) is 3.64. The van der Waals surface area contributed by atoms with E-state index in [4.69, 9.17) is 20.2 Å². The number of thiazole rings is 1. The average molecular weight is 383 g/mol. The molecule has 0 aliphatic rings. The van der Waals surface area contributed by atoms with Crippen LogP contribution in [0.2, 0.25) is 0 Å². The lowest BCUT2D eigenvalue weighted by molar-refractivity contribution is 0.1000. The van der Waals surface area contributed by atoms with Gasteiger partial charge in [-0.1, -0.05) is 0 Å². The van der Waals surface area contributed by atoms with Crippen molar-refractivity contribution in [2.75, 3.05) is 20.3 Å². The normalized spacial score (nSPS) is 10.8. The molecule has 0 radical (unpaired) electrons. The number of carbonyl (C=O) groups is 1. The monoisotopic (exact) mass is 383 g/mol. The van der Waals surface area contributed by atoms with Crippen LogP contribution < -0.4 is 10.5 Å². The molecule has 1 aromatic carbocycles. The second-order valence-corrected chi connectivity index (χ2v) is 6.96. The minimum absolute atomic E-state index is 0.418. The summed E-state index contributed by atoms with van der Waals surface area (Å²) in [5.41, 5.74) is 10.5. The first-order valence-electron chi connectivity index (χ1n) is 8.44. The summed E-state index contributed by atoms with van der Waals surface area (Å²) in [6.07, 6.45) is 1.57. The van der Waals surface area contributed by atoms with Crippen molar-refractivity contribution in [1.82, 2.24) is 9.97 Å². The average Bonchev–Trinajstić information content (AvgIpc) is 3.11. The van der Waals surface area contributed by atoms with E-state index in [0.717, 1.165) is 33.1 Å². The zero-order valence-corrected chi connectivity index (χ0v) is 16.3. The highest BCUT2D eigenvalue weighted by atomic mass is 32.1. The molecule has 1 amide bonds. The summed E-state index contributed by atoms with van der Waals surface area (Å²) in [6, 6.07) is 7.26. The van der Waals surface area contributed by atoms with E-state index < -0.39 is 5.91 Å². The predicted octanol–water partition coefficient (Wildman–Crippen LogP) is 3.61. The van der Waals surface area contributed by atoms with Gasteiger partial charge in [0.1, 0.15) is 17.4 Å². The van der Waals surface area contributed by atoms with Crippen LogP contribution >= 0.6 is 11.3 Å². The van der Waals surface area contributed by atoms with Crippen molar-refractivity contribution < 1.29 is 14.3 Å². The van der Waals surface area contributed by atoms with Crippen LogP contribution in [0.25, 0.3) is 22.0 Å². The largest absolute Gasteiger partial charge is 0.491 e. The number of aryl methyl sites for hydroxylation is 2. The molecule has 0 bridgehead atoms. The molecule has 27 heavy (non-hydrogen) atoms. The molecule has 7 heteroatoms. The van der Waals surface area contributed by atoms with Crippen molar-refractivity contribution in [2.45, 2.75) is 13.8 Å². The van der Waals surface area contributed by atoms with E-state index in [2.05, 4.69) is 4.98 Å². The number of hydrogen-bond acceptors (Lipinski definition) is 6. The van der Waals surface area contributed by atoms with E-state index in [9.17, 15) is 4.79 Å². The highest BCUT2D eigenvalue weighted by molar-refractivity contribution is 7.13. The number of nitrogens with two attached hydrogens (primary N) is 1. The van der Waals surface area contributed by atoms with Gasteiger partial charge in [0.25, 0.3) is 0 Å². The van der Waals surface area contributed by atoms with Gasteiger partial charge in [-0.3, -0.25) is 9.78 Å². The zero-order valence-electron chi connectivity index (χ0n) is 15.5. The summed E-state index contributed by atoms with van der Waals surface area (Å²) in [4.78, 5) is 20.4. The standard InChI is InChI=1S/C20H21N3O3S/c1-12-8-15(26-7-6-25-3)9-13(2)18(12)17-11-27-20(23-17)16-10-14(19(21)24)4-5-22-16/h4-5,8-11H,6-7H2,1-3H3,(H2,21,24). The molecule has 0 aliphatic heterocycles. The topological polar surface area (TPSA) is 87.3 Å². The number of hydrogen-bond donors (Lipinski definition) is 1. The van der Waals surface area contributed by atoms with Crippen molar-refractivity contribution in [3.05, 3.63) is 52.5 Å². The Bertz CT molecular complexity index is 946. The summed E-state index contributed by atoms with van der Waals surface area (Å²) < 4.78 is 10.7. The van der Waals surface area contributed by atoms with Crippen molar-refractivity contribution >= 4 is 17.2 Å². The first kappa shape index (κ1) is 19.0. The number of aromatic nitrogens is 2. The lowest BCUT2D eigenvalue weighted by Gasteiger charge is -2.12. The van der Waals surface area contributed by atoms with E-state index in [1.165, 1.54) is 11.3 Å². The van der Waals surface area contributed by atoms with E-state index in [1.54, 1.807) is 25.4 Å². The van der Waals surface area contributed by atoms with E-state index in [-0.39, 0.29) is 0 Å². The molecule has 140 valence electrons. The van der Waals surface area contributed by atoms with Gasteiger partial charge in [-0.05, 0) is 49.2 Å². The number of methoxy groups -OCH3 is 1. The van der Waals surface area contributed by atoms with Gasteiger partial charge in [-0.15, -0.1) is 11.3 Å². The van der Waals surface area contributed by atoms with Crippen molar-refractivity contribution in [1.29, 1.82) is 0 Å². The molecule has 2 N–H and O–H groups in total.